The van der Waals surface area contributed by atoms with Crippen LogP contribution in [-0.4, -0.2) is 41.8 Å². The summed E-state index contributed by atoms with van der Waals surface area (Å²) in [6.45, 7) is 6.02. The molecular weight excluding hydrogens is 428 g/mol. The minimum Gasteiger partial charge on any atom is -0.496 e. The van der Waals surface area contributed by atoms with Gasteiger partial charge in [-0.15, -0.1) is 0 Å². The smallest absolute Gasteiger partial charge is 0.329 e. The number of benzene rings is 1. The molecule has 0 aliphatic heterocycles. The molecule has 3 rings (SSSR count). The molecular formula is C23H28N4O6. The first-order valence-corrected chi connectivity index (χ1v) is 10.5. The molecule has 0 aliphatic carbocycles. The highest BCUT2D eigenvalue weighted by Crippen LogP contribution is 2.34. The Morgan fingerprint density at radius 1 is 1.06 bits per heavy atom. The van der Waals surface area contributed by atoms with Gasteiger partial charge in [-0.3, -0.25) is 19.1 Å². The van der Waals surface area contributed by atoms with Crippen LogP contribution in [0.2, 0.25) is 0 Å². The predicted molar refractivity (Wildman–Crippen MR) is 124 cm³/mol. The predicted octanol–water partition coefficient (Wildman–Crippen LogP) is 2.18. The van der Waals surface area contributed by atoms with Gasteiger partial charge in [0.15, 0.2) is 17.1 Å². The molecule has 0 atom stereocenters. The van der Waals surface area contributed by atoms with Crippen LogP contribution >= 0.6 is 0 Å². The van der Waals surface area contributed by atoms with Crippen LogP contribution in [0.3, 0.4) is 0 Å². The van der Waals surface area contributed by atoms with Crippen molar-refractivity contribution in [3.05, 3.63) is 55.9 Å². The van der Waals surface area contributed by atoms with Crippen LogP contribution in [0.1, 0.15) is 48.3 Å². The summed E-state index contributed by atoms with van der Waals surface area (Å²) in [6, 6.07) is 4.97. The van der Waals surface area contributed by atoms with Gasteiger partial charge in [0.2, 0.25) is 0 Å². The van der Waals surface area contributed by atoms with Crippen molar-refractivity contribution < 1.29 is 19.0 Å². The quantitative estimate of drug-likeness (QED) is 0.532. The Morgan fingerprint density at radius 2 is 1.70 bits per heavy atom. The number of nitrogens with zero attached hydrogens (tertiary/aromatic N) is 2. The molecule has 2 N–H and O–H groups in total. The Hall–Kier alpha value is -3.82. The maximum absolute atomic E-state index is 13.2. The number of amides is 1. The van der Waals surface area contributed by atoms with E-state index in [0.717, 1.165) is 0 Å². The zero-order valence-corrected chi connectivity index (χ0v) is 19.6. The van der Waals surface area contributed by atoms with Gasteiger partial charge in [-0.1, -0.05) is 13.8 Å². The number of methoxy groups -OCH3 is 3. The Morgan fingerprint density at radius 3 is 2.27 bits per heavy atom. The van der Waals surface area contributed by atoms with Gasteiger partial charge in [-0.25, -0.2) is 9.78 Å². The molecule has 10 heteroatoms. The minimum atomic E-state index is -0.656. The van der Waals surface area contributed by atoms with Crippen molar-refractivity contribution in [3.8, 4) is 17.2 Å². The molecule has 2 aromatic heterocycles. The summed E-state index contributed by atoms with van der Waals surface area (Å²) in [4.78, 5) is 45.0. The number of carbonyl (C=O) groups excluding carboxylic acids is 1. The fourth-order valence-corrected chi connectivity index (χ4v) is 3.56. The summed E-state index contributed by atoms with van der Waals surface area (Å²) in [7, 11) is 4.55. The highest BCUT2D eigenvalue weighted by molar-refractivity contribution is 6.05. The molecule has 1 amide bonds. The zero-order valence-electron chi connectivity index (χ0n) is 19.6. The molecule has 1 aromatic carbocycles. The highest BCUT2D eigenvalue weighted by Gasteiger charge is 2.21. The van der Waals surface area contributed by atoms with E-state index >= 15 is 0 Å². The molecule has 33 heavy (non-hydrogen) atoms. The lowest BCUT2D eigenvalue weighted by molar-refractivity contribution is 0.0952. The fraction of sp³-hybridized carbons (Fsp3) is 0.391. The number of fused-ring (bicyclic) bond motifs is 1. The Balaban J connectivity index is 2.08. The van der Waals surface area contributed by atoms with E-state index in [1.807, 2.05) is 13.8 Å². The molecule has 0 bridgehead atoms. The van der Waals surface area contributed by atoms with Crippen molar-refractivity contribution in [2.24, 2.45) is 0 Å². The molecule has 0 unspecified atom stereocenters. The van der Waals surface area contributed by atoms with E-state index < -0.39 is 17.2 Å². The monoisotopic (exact) mass is 456 g/mol. The van der Waals surface area contributed by atoms with Crippen LogP contribution in [0.4, 0.5) is 0 Å². The third-order valence-corrected chi connectivity index (χ3v) is 5.35. The number of nitrogens with one attached hydrogen (secondary N) is 2. The molecule has 176 valence electrons. The van der Waals surface area contributed by atoms with Crippen molar-refractivity contribution in [1.29, 1.82) is 0 Å². The summed E-state index contributed by atoms with van der Waals surface area (Å²) in [5.74, 6) is 0.991. The second-order valence-electron chi connectivity index (χ2n) is 7.65. The van der Waals surface area contributed by atoms with Gasteiger partial charge in [-0.2, -0.15) is 0 Å². The second kappa shape index (κ2) is 9.76. The van der Waals surface area contributed by atoms with Crippen molar-refractivity contribution >= 4 is 16.9 Å². The molecule has 0 aliphatic rings. The fourth-order valence-electron chi connectivity index (χ4n) is 3.56. The number of aromatic amines is 1. The lowest BCUT2D eigenvalue weighted by atomic mass is 10.0. The average molecular weight is 456 g/mol. The molecule has 3 aromatic rings. The molecule has 0 saturated heterocycles. The second-order valence-corrected chi connectivity index (χ2v) is 7.65. The first-order chi connectivity index (χ1) is 15.7. The lowest BCUT2D eigenvalue weighted by Gasteiger charge is -2.16. The van der Waals surface area contributed by atoms with Crippen LogP contribution in [0.5, 0.6) is 17.2 Å². The zero-order chi connectivity index (χ0) is 24.3. The van der Waals surface area contributed by atoms with Gasteiger partial charge in [0.1, 0.15) is 5.75 Å². The number of aromatic nitrogens is 3. The maximum atomic E-state index is 13.2. The number of aryl methyl sites for hydroxylation is 1. The van der Waals surface area contributed by atoms with Crippen molar-refractivity contribution in [3.63, 3.8) is 0 Å². The van der Waals surface area contributed by atoms with Crippen molar-refractivity contribution in [2.75, 3.05) is 21.3 Å². The molecule has 2 heterocycles. The summed E-state index contributed by atoms with van der Waals surface area (Å²) in [6.07, 6.45) is 0. The van der Waals surface area contributed by atoms with Gasteiger partial charge in [0, 0.05) is 30.4 Å². The van der Waals surface area contributed by atoms with E-state index in [-0.39, 0.29) is 29.1 Å². The van der Waals surface area contributed by atoms with Crippen molar-refractivity contribution in [1.82, 2.24) is 19.9 Å². The van der Waals surface area contributed by atoms with Crippen molar-refractivity contribution in [2.45, 2.75) is 39.8 Å². The van der Waals surface area contributed by atoms with Crippen LogP contribution in [0.15, 0.2) is 27.8 Å². The van der Waals surface area contributed by atoms with E-state index in [4.69, 9.17) is 14.2 Å². The average Bonchev–Trinajstić information content (AvgIpc) is 2.81. The van der Waals surface area contributed by atoms with Gasteiger partial charge >= 0.3 is 5.69 Å². The SMILES string of the molecule is CCn1c(=O)[nH]c(=O)c2c(C(=O)NCc3cc(OC)c(OC)cc3OC)cc(C(C)C)nc21. The highest BCUT2D eigenvalue weighted by atomic mass is 16.5. The van der Waals surface area contributed by atoms with Gasteiger partial charge in [-0.05, 0) is 25.0 Å². The summed E-state index contributed by atoms with van der Waals surface area (Å²) in [5, 5.41) is 2.90. The largest absolute Gasteiger partial charge is 0.496 e. The first-order valence-electron chi connectivity index (χ1n) is 10.5. The number of carbonyl (C=O) groups is 1. The lowest BCUT2D eigenvalue weighted by Crippen LogP contribution is -2.33. The summed E-state index contributed by atoms with van der Waals surface area (Å²) >= 11 is 0. The number of rotatable bonds is 8. The minimum absolute atomic E-state index is 0.0217. The summed E-state index contributed by atoms with van der Waals surface area (Å²) in [5.41, 5.74) is 0.368. The Bertz CT molecular complexity index is 1310. The van der Waals surface area contributed by atoms with Gasteiger partial charge in [0.05, 0.1) is 32.3 Å². The van der Waals surface area contributed by atoms with E-state index in [1.165, 1.54) is 25.9 Å². The maximum Gasteiger partial charge on any atom is 0.329 e. The number of hydrogen-bond acceptors (Lipinski definition) is 7. The first kappa shape index (κ1) is 23.8. The third kappa shape index (κ3) is 4.55. The summed E-state index contributed by atoms with van der Waals surface area (Å²) < 4.78 is 17.4. The Kier molecular flexibility index (Phi) is 7.05. The van der Waals surface area contributed by atoms with Gasteiger partial charge < -0.3 is 19.5 Å². The number of pyridine rings is 1. The normalized spacial score (nSPS) is 11.0. The molecule has 0 radical (unpaired) electrons. The number of hydrogen-bond donors (Lipinski definition) is 2. The third-order valence-electron chi connectivity index (χ3n) is 5.35. The van der Waals surface area contributed by atoms with E-state index in [2.05, 4.69) is 15.3 Å². The molecule has 0 spiro atoms. The van der Waals surface area contributed by atoms with E-state index in [9.17, 15) is 14.4 Å². The number of H-pyrrole nitrogens is 1. The Labute approximate surface area is 190 Å². The van der Waals surface area contributed by atoms with Crippen LogP contribution in [0, 0.1) is 0 Å². The topological polar surface area (TPSA) is 125 Å². The molecule has 0 saturated carbocycles. The van der Waals surface area contributed by atoms with E-state index in [0.29, 0.717) is 35.1 Å². The number of ether oxygens (including phenoxy) is 3. The van der Waals surface area contributed by atoms with Crippen LogP contribution in [0.25, 0.3) is 11.0 Å². The molecule has 0 fully saturated rings. The standard InChI is InChI=1S/C23H28N4O6/c1-7-27-20-19(22(29)26-23(27)30)14(9-15(25-20)12(2)3)21(28)24-11-13-8-17(32-5)18(33-6)10-16(13)31-4/h8-10,12H,7,11H2,1-6H3,(H,24,28)(H,26,29,30). The van der Waals surface area contributed by atoms with E-state index in [1.54, 1.807) is 25.1 Å². The van der Waals surface area contributed by atoms with Gasteiger partial charge in [0.25, 0.3) is 11.5 Å². The van der Waals surface area contributed by atoms with Crippen LogP contribution < -0.4 is 30.8 Å². The molecule has 10 nitrogen and oxygen atoms in total. The van der Waals surface area contributed by atoms with Crippen LogP contribution in [-0.2, 0) is 13.1 Å².